The van der Waals surface area contributed by atoms with E-state index in [9.17, 15) is 14.9 Å². The van der Waals surface area contributed by atoms with Gasteiger partial charge in [-0.1, -0.05) is 36.4 Å². The normalized spacial score (nSPS) is 17.8. The maximum absolute atomic E-state index is 12.9. The molecule has 1 amide bonds. The molecule has 2 heterocycles. The second-order valence-electron chi connectivity index (χ2n) is 8.14. The number of nitriles is 1. The fraction of sp³-hybridized carbons (Fsp3) is 0.320. The van der Waals surface area contributed by atoms with E-state index in [-0.39, 0.29) is 17.3 Å². The topological polar surface area (TPSA) is 70.4 Å². The molecule has 0 N–H and O–H groups in total. The van der Waals surface area contributed by atoms with Crippen LogP contribution >= 0.6 is 0 Å². The second-order valence-corrected chi connectivity index (χ2v) is 8.14. The molecule has 0 bridgehead atoms. The first-order valence-electron chi connectivity index (χ1n) is 10.2. The average molecular weight is 400 g/mol. The molecule has 1 saturated heterocycles. The molecular weight excluding hydrogens is 376 g/mol. The van der Waals surface area contributed by atoms with E-state index < -0.39 is 5.60 Å². The lowest BCUT2D eigenvalue weighted by Crippen LogP contribution is -2.52. The number of likely N-dealkylation sites (tertiary alicyclic amines) is 1. The van der Waals surface area contributed by atoms with Gasteiger partial charge in [-0.05, 0) is 42.7 Å². The Morgan fingerprint density at radius 1 is 1.13 bits per heavy atom. The van der Waals surface area contributed by atoms with E-state index in [0.29, 0.717) is 43.7 Å². The quantitative estimate of drug-likeness (QED) is 0.559. The van der Waals surface area contributed by atoms with E-state index >= 15 is 0 Å². The highest BCUT2D eigenvalue weighted by Crippen LogP contribution is 2.41. The summed E-state index contributed by atoms with van der Waals surface area (Å²) >= 11 is 0. The van der Waals surface area contributed by atoms with Crippen molar-refractivity contribution in [2.75, 3.05) is 13.1 Å². The highest BCUT2D eigenvalue weighted by atomic mass is 16.5. The summed E-state index contributed by atoms with van der Waals surface area (Å²) in [6, 6.07) is 15.2. The lowest BCUT2D eigenvalue weighted by atomic mass is 9.81. The predicted octanol–water partition coefficient (Wildman–Crippen LogP) is 4.24. The molecule has 30 heavy (non-hydrogen) atoms. The van der Waals surface area contributed by atoms with Crippen LogP contribution in [0.5, 0.6) is 5.75 Å². The minimum atomic E-state index is -0.574. The minimum absolute atomic E-state index is 0.0980. The number of nitrogens with zero attached hydrogens (tertiary/aromatic N) is 2. The maximum Gasteiger partial charge on any atom is 0.264 e. The number of benzene rings is 2. The number of fused-ring (bicyclic) bond motifs is 1. The molecule has 2 aromatic rings. The van der Waals surface area contributed by atoms with Crippen molar-refractivity contribution in [2.24, 2.45) is 0 Å². The first kappa shape index (κ1) is 19.9. The Bertz CT molecular complexity index is 1070. The van der Waals surface area contributed by atoms with Crippen LogP contribution in [-0.2, 0) is 4.79 Å². The number of hydrogen-bond donors (Lipinski definition) is 0. The molecule has 0 radical (unpaired) electrons. The molecule has 1 fully saturated rings. The van der Waals surface area contributed by atoms with Gasteiger partial charge in [-0.3, -0.25) is 9.59 Å². The molecule has 0 aliphatic carbocycles. The van der Waals surface area contributed by atoms with Crippen molar-refractivity contribution in [3.05, 3.63) is 70.3 Å². The Balaban J connectivity index is 1.50. The van der Waals surface area contributed by atoms with E-state index in [1.54, 1.807) is 11.0 Å². The zero-order valence-electron chi connectivity index (χ0n) is 17.3. The summed E-state index contributed by atoms with van der Waals surface area (Å²) in [7, 11) is 0. The molecule has 0 atom stereocenters. The molecule has 2 aliphatic rings. The number of ether oxygens (including phenoxy) is 1. The van der Waals surface area contributed by atoms with Crippen LogP contribution in [0, 0.1) is 25.2 Å². The molecular formula is C25H24N2O3. The number of rotatable bonds is 2. The van der Waals surface area contributed by atoms with Gasteiger partial charge in [0, 0.05) is 25.9 Å². The van der Waals surface area contributed by atoms with Crippen LogP contribution in [0.1, 0.15) is 46.3 Å². The predicted molar refractivity (Wildman–Crippen MR) is 114 cm³/mol. The third kappa shape index (κ3) is 3.61. The lowest BCUT2D eigenvalue weighted by Gasteiger charge is -2.44. The molecule has 0 aromatic heterocycles. The fourth-order valence-electron chi connectivity index (χ4n) is 4.21. The van der Waals surface area contributed by atoms with Gasteiger partial charge in [0.1, 0.15) is 23.0 Å². The SMILES string of the molecule is Cc1ccc2c(c1C)OC1(CCN(C(=O)/C(C#N)=C/c3ccccc3)CC1)CC2=O. The van der Waals surface area contributed by atoms with Crippen molar-refractivity contribution in [2.45, 2.75) is 38.7 Å². The summed E-state index contributed by atoms with van der Waals surface area (Å²) in [5, 5.41) is 9.50. The van der Waals surface area contributed by atoms with Crippen LogP contribution in [-0.4, -0.2) is 35.3 Å². The Morgan fingerprint density at radius 2 is 1.83 bits per heavy atom. The molecule has 5 nitrogen and oxygen atoms in total. The summed E-state index contributed by atoms with van der Waals surface area (Å²) in [6.45, 7) is 4.90. The van der Waals surface area contributed by atoms with Gasteiger partial charge >= 0.3 is 0 Å². The summed E-state index contributed by atoms with van der Waals surface area (Å²) in [6.07, 6.45) is 3.09. The summed E-state index contributed by atoms with van der Waals surface area (Å²) in [5.74, 6) is 0.513. The Kier molecular flexibility index (Phi) is 5.17. The number of aryl methyl sites for hydroxylation is 1. The third-order valence-electron chi connectivity index (χ3n) is 6.20. The highest BCUT2D eigenvalue weighted by molar-refractivity contribution is 6.02. The maximum atomic E-state index is 12.9. The lowest BCUT2D eigenvalue weighted by molar-refractivity contribution is -0.130. The molecule has 0 unspecified atom stereocenters. The van der Waals surface area contributed by atoms with Crippen molar-refractivity contribution in [3.63, 3.8) is 0 Å². The molecule has 5 heteroatoms. The highest BCUT2D eigenvalue weighted by Gasteiger charge is 2.44. The number of amides is 1. The van der Waals surface area contributed by atoms with Crippen molar-refractivity contribution < 1.29 is 14.3 Å². The van der Waals surface area contributed by atoms with E-state index in [0.717, 1.165) is 16.7 Å². The van der Waals surface area contributed by atoms with Crippen molar-refractivity contribution >= 4 is 17.8 Å². The van der Waals surface area contributed by atoms with Crippen LogP contribution in [0.25, 0.3) is 6.08 Å². The first-order valence-corrected chi connectivity index (χ1v) is 10.2. The minimum Gasteiger partial charge on any atom is -0.486 e. The molecule has 4 rings (SSSR count). The summed E-state index contributed by atoms with van der Waals surface area (Å²) in [4.78, 5) is 27.4. The zero-order chi connectivity index (χ0) is 21.3. The molecule has 2 aliphatic heterocycles. The fourth-order valence-corrected chi connectivity index (χ4v) is 4.21. The first-order chi connectivity index (χ1) is 14.4. The molecule has 2 aromatic carbocycles. The van der Waals surface area contributed by atoms with Gasteiger partial charge in [0.05, 0.1) is 12.0 Å². The number of hydrogen-bond acceptors (Lipinski definition) is 4. The standard InChI is InChI=1S/C25H24N2O3/c1-17-8-9-21-22(28)15-25(30-23(21)18(17)2)10-12-27(13-11-25)24(29)20(16-26)14-19-6-4-3-5-7-19/h3-9,14H,10-13,15H2,1-2H3/b20-14+. The van der Waals surface area contributed by atoms with Gasteiger partial charge in [-0.25, -0.2) is 0 Å². The Morgan fingerprint density at radius 3 is 2.50 bits per heavy atom. The van der Waals surface area contributed by atoms with Crippen molar-refractivity contribution in [1.29, 1.82) is 5.26 Å². The van der Waals surface area contributed by atoms with E-state index in [2.05, 4.69) is 0 Å². The van der Waals surface area contributed by atoms with Crippen LogP contribution < -0.4 is 4.74 Å². The van der Waals surface area contributed by atoms with Gasteiger partial charge in [0.15, 0.2) is 5.78 Å². The zero-order valence-corrected chi connectivity index (χ0v) is 17.3. The Hall–Kier alpha value is -3.39. The van der Waals surface area contributed by atoms with E-state index in [1.165, 1.54) is 0 Å². The smallest absolute Gasteiger partial charge is 0.264 e. The summed E-state index contributed by atoms with van der Waals surface area (Å²) < 4.78 is 6.41. The van der Waals surface area contributed by atoms with Crippen molar-refractivity contribution in [1.82, 2.24) is 4.90 Å². The van der Waals surface area contributed by atoms with Crippen LogP contribution in [0.4, 0.5) is 0 Å². The van der Waals surface area contributed by atoms with Gasteiger partial charge < -0.3 is 9.64 Å². The summed E-state index contributed by atoms with van der Waals surface area (Å²) in [5.41, 5.74) is 3.11. The Labute approximate surface area is 176 Å². The van der Waals surface area contributed by atoms with Gasteiger partial charge in [-0.2, -0.15) is 5.26 Å². The van der Waals surface area contributed by atoms with Gasteiger partial charge in [0.25, 0.3) is 5.91 Å². The van der Waals surface area contributed by atoms with Gasteiger partial charge in [0.2, 0.25) is 0 Å². The van der Waals surface area contributed by atoms with Crippen LogP contribution in [0.2, 0.25) is 0 Å². The third-order valence-corrected chi connectivity index (χ3v) is 6.20. The molecule has 0 saturated carbocycles. The number of piperidine rings is 1. The number of carbonyl (C=O) groups excluding carboxylic acids is 2. The van der Waals surface area contributed by atoms with Crippen molar-refractivity contribution in [3.8, 4) is 11.8 Å². The monoisotopic (exact) mass is 400 g/mol. The molecule has 1 spiro atoms. The second kappa shape index (κ2) is 7.79. The largest absolute Gasteiger partial charge is 0.486 e. The van der Waals surface area contributed by atoms with E-state index in [1.807, 2.05) is 62.4 Å². The van der Waals surface area contributed by atoms with Gasteiger partial charge in [-0.15, -0.1) is 0 Å². The number of Topliss-reactive ketones (excluding diaryl/α,β-unsaturated/α-hetero) is 1. The van der Waals surface area contributed by atoms with Crippen LogP contribution in [0.15, 0.2) is 48.0 Å². The molecule has 152 valence electrons. The average Bonchev–Trinajstić information content (AvgIpc) is 2.76. The van der Waals surface area contributed by atoms with E-state index in [4.69, 9.17) is 4.74 Å². The van der Waals surface area contributed by atoms with Crippen LogP contribution in [0.3, 0.4) is 0 Å². The number of ketones is 1. The number of carbonyl (C=O) groups is 2.